The number of ether oxygens (including phenoxy) is 1. The van der Waals surface area contributed by atoms with Crippen LogP contribution < -0.4 is 32.6 Å². The van der Waals surface area contributed by atoms with Crippen molar-refractivity contribution < 1.29 is 22.4 Å². The molecule has 0 atom stereocenters. The molecule has 3 aromatic heterocycles. The summed E-state index contributed by atoms with van der Waals surface area (Å²) in [5.41, 5.74) is -3.10. The average molecular weight is 600 g/mol. The summed E-state index contributed by atoms with van der Waals surface area (Å²) in [6.07, 6.45) is 4.35. The zero-order valence-electron chi connectivity index (χ0n) is 23.7. The van der Waals surface area contributed by atoms with E-state index in [1.165, 1.54) is 30.9 Å². The molecule has 226 valence electrons. The molecular formula is C32H29N3O9. The lowest BCUT2D eigenvalue weighted by Gasteiger charge is -2.26. The van der Waals surface area contributed by atoms with Gasteiger partial charge in [-0.2, -0.15) is 4.98 Å². The number of piperidine rings is 1. The molecule has 0 spiro atoms. The van der Waals surface area contributed by atoms with E-state index in [2.05, 4.69) is 27.3 Å². The number of likely N-dealkylation sites (tertiary alicyclic amines) is 1. The summed E-state index contributed by atoms with van der Waals surface area (Å²) >= 11 is 0. The Morgan fingerprint density at radius 2 is 1.48 bits per heavy atom. The number of pyridine rings is 1. The summed E-state index contributed by atoms with van der Waals surface area (Å²) < 4.78 is 27.6. The molecule has 1 fully saturated rings. The van der Waals surface area contributed by atoms with Gasteiger partial charge in [-0.25, -0.2) is 19.2 Å². The summed E-state index contributed by atoms with van der Waals surface area (Å²) in [6.45, 7) is 3.95. The highest BCUT2D eigenvalue weighted by Gasteiger charge is 2.18. The highest BCUT2D eigenvalue weighted by atomic mass is 16.5. The average Bonchev–Trinajstić information content (AvgIpc) is 3.00. The maximum absolute atomic E-state index is 12.4. The van der Waals surface area contributed by atoms with E-state index in [9.17, 15) is 19.2 Å². The number of anilines is 1. The van der Waals surface area contributed by atoms with Crippen LogP contribution in [0.2, 0.25) is 0 Å². The van der Waals surface area contributed by atoms with Crippen LogP contribution in [0.25, 0.3) is 33.2 Å². The minimum absolute atomic E-state index is 0.0460. The van der Waals surface area contributed by atoms with Crippen LogP contribution in [0.1, 0.15) is 31.2 Å². The fraction of sp³-hybridized carbons (Fsp3) is 0.281. The number of benzene rings is 2. The van der Waals surface area contributed by atoms with Crippen molar-refractivity contribution in [3.8, 4) is 5.75 Å². The largest absolute Gasteiger partial charge is 0.494 e. The molecule has 12 nitrogen and oxygen atoms in total. The Labute approximate surface area is 248 Å². The minimum atomic E-state index is -0.879. The van der Waals surface area contributed by atoms with E-state index in [1.54, 1.807) is 6.07 Å². The van der Waals surface area contributed by atoms with Crippen LogP contribution in [0, 0.1) is 0 Å². The van der Waals surface area contributed by atoms with Gasteiger partial charge in [0.2, 0.25) is 5.58 Å². The quantitative estimate of drug-likeness (QED) is 0.252. The summed E-state index contributed by atoms with van der Waals surface area (Å²) in [4.78, 5) is 56.0. The predicted molar refractivity (Wildman–Crippen MR) is 163 cm³/mol. The maximum atomic E-state index is 12.4. The van der Waals surface area contributed by atoms with Crippen LogP contribution >= 0.6 is 0 Å². The first-order chi connectivity index (χ1) is 21.4. The molecule has 2 aromatic carbocycles. The number of hydrogen-bond acceptors (Lipinski definition) is 12. The van der Waals surface area contributed by atoms with Crippen molar-refractivity contribution in [2.75, 3.05) is 31.6 Å². The Kier molecular flexibility index (Phi) is 8.50. The standard InChI is InChI=1S/C32H29N3O9/c36-24-10-11-25(37)42-29-23(41-24)9-8-22-28(29)30-32(44-27(39)13-12-26(38)43-30)34-31(22)33-14-5-17-40-21-7-4-6-20(18-21)19-35-15-2-1-3-16-35/h4,6-13,18H,1-3,5,14-17,19H2,(H,33,34). The van der Waals surface area contributed by atoms with Gasteiger partial charge in [0, 0.05) is 42.7 Å². The Morgan fingerprint density at radius 1 is 0.773 bits per heavy atom. The minimum Gasteiger partial charge on any atom is -0.494 e. The van der Waals surface area contributed by atoms with Crippen LogP contribution in [0.15, 0.2) is 97.5 Å². The second kappa shape index (κ2) is 13.0. The monoisotopic (exact) mass is 599 g/mol. The third-order valence-corrected chi connectivity index (χ3v) is 7.17. The lowest BCUT2D eigenvalue weighted by Crippen LogP contribution is -2.29. The molecule has 0 unspecified atom stereocenters. The molecule has 5 aromatic rings. The van der Waals surface area contributed by atoms with E-state index in [-0.39, 0.29) is 33.7 Å². The molecule has 6 rings (SSSR count). The molecule has 1 aliphatic rings. The third-order valence-electron chi connectivity index (χ3n) is 7.17. The van der Waals surface area contributed by atoms with E-state index < -0.39 is 22.5 Å². The SMILES string of the molecule is O=c1ccc(=O)oc2c(ccc3c(NCCCOc4cccc(CN5CCCCC5)c4)nc4oc(=O)ccc(=O)oc4c32)o1. The molecule has 1 aliphatic heterocycles. The molecule has 0 amide bonds. The molecule has 0 aliphatic carbocycles. The number of rotatable bonds is 8. The van der Waals surface area contributed by atoms with Crippen molar-refractivity contribution in [1.29, 1.82) is 0 Å². The topological polar surface area (TPSA) is 158 Å². The fourth-order valence-corrected chi connectivity index (χ4v) is 5.18. The van der Waals surface area contributed by atoms with Gasteiger partial charge in [-0.1, -0.05) is 18.6 Å². The summed E-state index contributed by atoms with van der Waals surface area (Å²) in [7, 11) is 0. The van der Waals surface area contributed by atoms with Crippen molar-refractivity contribution in [1.82, 2.24) is 9.88 Å². The van der Waals surface area contributed by atoms with Gasteiger partial charge in [-0.05, 0) is 62.2 Å². The smallest absolute Gasteiger partial charge is 0.337 e. The molecule has 1 saturated heterocycles. The summed E-state index contributed by atoms with van der Waals surface area (Å²) in [6, 6.07) is 14.7. The highest BCUT2D eigenvalue weighted by molar-refractivity contribution is 6.16. The fourth-order valence-electron chi connectivity index (χ4n) is 5.18. The Bertz CT molecular complexity index is 2090. The van der Waals surface area contributed by atoms with Gasteiger partial charge in [-0.3, -0.25) is 4.90 Å². The van der Waals surface area contributed by atoms with Gasteiger partial charge in [0.05, 0.1) is 12.0 Å². The third kappa shape index (κ3) is 6.70. The van der Waals surface area contributed by atoms with Gasteiger partial charge < -0.3 is 27.7 Å². The summed E-state index contributed by atoms with van der Waals surface area (Å²) in [5, 5.41) is 3.60. The zero-order valence-corrected chi connectivity index (χ0v) is 23.7. The Balaban J connectivity index is 1.29. The molecule has 0 radical (unpaired) electrons. The Hall–Kier alpha value is -5.23. The molecule has 1 N–H and O–H groups in total. The maximum Gasteiger partial charge on any atom is 0.337 e. The number of aromatic nitrogens is 1. The number of hydrogen-bond donors (Lipinski definition) is 1. The van der Waals surface area contributed by atoms with E-state index >= 15 is 0 Å². The number of nitrogens with one attached hydrogen (secondary N) is 1. The molecule has 0 bridgehead atoms. The highest BCUT2D eigenvalue weighted by Crippen LogP contribution is 2.33. The van der Waals surface area contributed by atoms with E-state index in [0.29, 0.717) is 25.0 Å². The second-order valence-electron chi connectivity index (χ2n) is 10.4. The first-order valence-electron chi connectivity index (χ1n) is 14.3. The van der Waals surface area contributed by atoms with Gasteiger partial charge in [0.25, 0.3) is 5.71 Å². The molecule has 0 saturated carbocycles. The molecule has 4 heterocycles. The molecular weight excluding hydrogens is 570 g/mol. The van der Waals surface area contributed by atoms with Crippen molar-refractivity contribution >= 4 is 39.1 Å². The van der Waals surface area contributed by atoms with E-state index in [1.807, 2.05) is 12.1 Å². The normalized spacial score (nSPS) is 13.6. The lowest BCUT2D eigenvalue weighted by molar-refractivity contribution is 0.220. The number of fused-ring (bicyclic) bond motifs is 5. The summed E-state index contributed by atoms with van der Waals surface area (Å²) in [5.74, 6) is 1.04. The molecule has 12 heteroatoms. The van der Waals surface area contributed by atoms with Crippen LogP contribution in [0.3, 0.4) is 0 Å². The van der Waals surface area contributed by atoms with Crippen molar-refractivity contribution in [2.45, 2.75) is 32.2 Å². The van der Waals surface area contributed by atoms with Crippen LogP contribution in [-0.2, 0) is 6.54 Å². The van der Waals surface area contributed by atoms with Gasteiger partial charge in [0.1, 0.15) is 11.6 Å². The van der Waals surface area contributed by atoms with Gasteiger partial charge >= 0.3 is 22.5 Å². The van der Waals surface area contributed by atoms with E-state index in [0.717, 1.165) is 49.6 Å². The van der Waals surface area contributed by atoms with Crippen molar-refractivity contribution in [3.05, 3.63) is 108 Å². The zero-order chi connectivity index (χ0) is 30.5. The van der Waals surface area contributed by atoms with Crippen LogP contribution in [-0.4, -0.2) is 36.1 Å². The van der Waals surface area contributed by atoms with Crippen molar-refractivity contribution in [2.24, 2.45) is 0 Å². The first-order valence-corrected chi connectivity index (χ1v) is 14.3. The van der Waals surface area contributed by atoms with Gasteiger partial charge in [-0.15, -0.1) is 0 Å². The van der Waals surface area contributed by atoms with Crippen LogP contribution in [0.4, 0.5) is 5.82 Å². The predicted octanol–water partition coefficient (Wildman–Crippen LogP) is 4.35. The Morgan fingerprint density at radius 3 is 2.25 bits per heavy atom. The number of nitrogens with zero attached hydrogens (tertiary/aromatic N) is 2. The first kappa shape index (κ1) is 28.9. The van der Waals surface area contributed by atoms with Crippen LogP contribution in [0.5, 0.6) is 5.75 Å². The van der Waals surface area contributed by atoms with Crippen molar-refractivity contribution in [3.63, 3.8) is 0 Å². The lowest BCUT2D eigenvalue weighted by atomic mass is 10.1. The second-order valence-corrected chi connectivity index (χ2v) is 10.4. The van der Waals surface area contributed by atoms with E-state index in [4.69, 9.17) is 22.4 Å². The molecule has 44 heavy (non-hydrogen) atoms. The van der Waals surface area contributed by atoms with Gasteiger partial charge in [0.15, 0.2) is 11.2 Å².